The molecule has 0 aliphatic carbocycles. The number of hydrogen-bond acceptors (Lipinski definition) is 6. The molecule has 7 heteroatoms. The van der Waals surface area contributed by atoms with E-state index in [1.807, 2.05) is 42.5 Å². The lowest BCUT2D eigenvalue weighted by Crippen LogP contribution is -2.12. The largest absolute Gasteiger partial charge is 0.494 e. The summed E-state index contributed by atoms with van der Waals surface area (Å²) >= 11 is 0. The second-order valence-electron chi connectivity index (χ2n) is 8.46. The molecule has 0 radical (unpaired) electrons. The first-order valence-electron chi connectivity index (χ1n) is 12.3. The number of aliphatic carboxylic acids is 1. The first-order chi connectivity index (χ1) is 17.7. The highest BCUT2D eigenvalue weighted by Crippen LogP contribution is 2.33. The van der Waals surface area contributed by atoms with E-state index in [-0.39, 0.29) is 6.54 Å². The molecule has 7 nitrogen and oxygen atoms in total. The molecular formula is C29H31N3O4. The average Bonchev–Trinajstić information content (AvgIpc) is 2.91. The Morgan fingerprint density at radius 2 is 1.75 bits per heavy atom. The van der Waals surface area contributed by atoms with Crippen molar-refractivity contribution >= 4 is 22.6 Å². The van der Waals surface area contributed by atoms with Crippen LogP contribution in [0.3, 0.4) is 0 Å². The number of aryl methyl sites for hydroxylation is 1. The second kappa shape index (κ2) is 12.5. The van der Waals surface area contributed by atoms with E-state index in [0.717, 1.165) is 64.8 Å². The van der Waals surface area contributed by atoms with Crippen molar-refractivity contribution in [1.82, 2.24) is 9.97 Å². The van der Waals surface area contributed by atoms with Crippen molar-refractivity contribution in [1.29, 1.82) is 0 Å². The number of anilines is 1. The highest BCUT2D eigenvalue weighted by atomic mass is 16.5. The van der Waals surface area contributed by atoms with Gasteiger partial charge in [-0.25, -0.2) is 9.97 Å². The van der Waals surface area contributed by atoms with E-state index in [9.17, 15) is 4.79 Å². The van der Waals surface area contributed by atoms with E-state index < -0.39 is 5.97 Å². The lowest BCUT2D eigenvalue weighted by atomic mass is 10.0. The third-order valence-electron chi connectivity index (χ3n) is 5.76. The number of carboxylic acid groups (broad SMARTS) is 1. The van der Waals surface area contributed by atoms with Crippen LogP contribution in [-0.4, -0.2) is 40.8 Å². The van der Waals surface area contributed by atoms with Gasteiger partial charge in [0.2, 0.25) is 0 Å². The number of nitrogens with zero attached hydrogens (tertiary/aromatic N) is 2. The molecule has 0 bridgehead atoms. The van der Waals surface area contributed by atoms with Crippen LogP contribution < -0.4 is 14.8 Å². The molecule has 0 saturated heterocycles. The van der Waals surface area contributed by atoms with Crippen molar-refractivity contribution in [3.8, 4) is 22.8 Å². The third-order valence-corrected chi connectivity index (χ3v) is 5.76. The maximum absolute atomic E-state index is 10.7. The number of carboxylic acids is 1. The number of carbonyl (C=O) groups is 1. The Balaban J connectivity index is 1.34. The normalized spacial score (nSPS) is 10.8. The predicted octanol–water partition coefficient (Wildman–Crippen LogP) is 5.98. The van der Waals surface area contributed by atoms with Gasteiger partial charge in [-0.1, -0.05) is 49.7 Å². The van der Waals surface area contributed by atoms with E-state index in [4.69, 9.17) is 14.6 Å². The van der Waals surface area contributed by atoms with Crippen molar-refractivity contribution in [3.63, 3.8) is 0 Å². The monoisotopic (exact) mass is 485 g/mol. The maximum atomic E-state index is 10.7. The molecule has 0 aliphatic heterocycles. The van der Waals surface area contributed by atoms with Gasteiger partial charge in [-0.3, -0.25) is 4.79 Å². The maximum Gasteiger partial charge on any atom is 0.322 e. The minimum absolute atomic E-state index is 0.130. The summed E-state index contributed by atoms with van der Waals surface area (Å²) in [7, 11) is 0. The quantitative estimate of drug-likeness (QED) is 0.225. The number of fused-ring (bicyclic) bond motifs is 1. The van der Waals surface area contributed by atoms with Gasteiger partial charge in [0, 0.05) is 28.3 Å². The van der Waals surface area contributed by atoms with Crippen LogP contribution in [0.4, 0.5) is 5.69 Å². The van der Waals surface area contributed by atoms with Crippen LogP contribution in [-0.2, 0) is 11.2 Å². The number of ether oxygens (including phenoxy) is 2. The zero-order valence-electron chi connectivity index (χ0n) is 20.4. The fraction of sp³-hybridized carbons (Fsp3) is 0.276. The number of aromatic nitrogens is 2. The molecule has 4 aromatic rings. The Hall–Kier alpha value is -4.13. The summed E-state index contributed by atoms with van der Waals surface area (Å²) in [5.41, 5.74) is 4.80. The summed E-state index contributed by atoms with van der Waals surface area (Å²) in [5.74, 6) is 0.680. The van der Waals surface area contributed by atoms with Crippen molar-refractivity contribution in [3.05, 3.63) is 78.6 Å². The number of benzene rings is 3. The van der Waals surface area contributed by atoms with Crippen molar-refractivity contribution in [2.75, 3.05) is 25.1 Å². The molecular weight excluding hydrogens is 454 g/mol. The summed E-state index contributed by atoms with van der Waals surface area (Å²) in [5, 5.41) is 12.7. The highest BCUT2D eigenvalue weighted by molar-refractivity contribution is 5.95. The zero-order valence-corrected chi connectivity index (χ0v) is 20.4. The van der Waals surface area contributed by atoms with E-state index in [1.165, 1.54) is 0 Å². The first-order valence-corrected chi connectivity index (χ1v) is 12.3. The van der Waals surface area contributed by atoms with Gasteiger partial charge in [-0.05, 0) is 43.5 Å². The van der Waals surface area contributed by atoms with Gasteiger partial charge >= 0.3 is 5.97 Å². The summed E-state index contributed by atoms with van der Waals surface area (Å²) in [4.78, 5) is 19.9. The molecule has 0 saturated carbocycles. The Bertz CT molecular complexity index is 1290. The van der Waals surface area contributed by atoms with E-state index in [0.29, 0.717) is 19.0 Å². The van der Waals surface area contributed by atoms with Crippen LogP contribution in [0.15, 0.2) is 73.1 Å². The molecule has 0 unspecified atom stereocenters. The van der Waals surface area contributed by atoms with Gasteiger partial charge < -0.3 is 19.9 Å². The molecule has 0 spiro atoms. The van der Waals surface area contributed by atoms with Crippen molar-refractivity contribution in [2.45, 2.75) is 32.6 Å². The summed E-state index contributed by atoms with van der Waals surface area (Å²) in [6, 6.07) is 21.6. The van der Waals surface area contributed by atoms with Crippen LogP contribution in [0.5, 0.6) is 11.5 Å². The lowest BCUT2D eigenvalue weighted by Gasteiger charge is -2.15. The van der Waals surface area contributed by atoms with Crippen molar-refractivity contribution in [2.24, 2.45) is 0 Å². The van der Waals surface area contributed by atoms with Gasteiger partial charge in [0.1, 0.15) is 24.4 Å². The van der Waals surface area contributed by atoms with Crippen molar-refractivity contribution < 1.29 is 19.4 Å². The average molecular weight is 486 g/mol. The fourth-order valence-electron chi connectivity index (χ4n) is 4.07. The molecule has 4 rings (SSSR count). The van der Waals surface area contributed by atoms with E-state index in [2.05, 4.69) is 40.4 Å². The van der Waals surface area contributed by atoms with Crippen LogP contribution in [0.1, 0.15) is 31.7 Å². The Morgan fingerprint density at radius 3 is 2.53 bits per heavy atom. The first kappa shape index (κ1) is 25.0. The van der Waals surface area contributed by atoms with Crippen LogP contribution in [0.2, 0.25) is 0 Å². The number of hydrogen-bond donors (Lipinski definition) is 2. The van der Waals surface area contributed by atoms with Gasteiger partial charge in [0.05, 0.1) is 24.4 Å². The smallest absolute Gasteiger partial charge is 0.322 e. The molecule has 0 aliphatic rings. The standard InChI is InChI=1S/C29H31N3O4/c1-2-9-24-26(15-14-25-28(31-20-32-29(24)25)21-10-4-3-5-11-21)36-17-7-6-16-35-23-13-8-12-22(18-23)30-19-27(33)34/h3-5,8,10-15,18,20,30H,2,6-7,9,16-17,19H2,1H3,(H,33,34). The number of nitrogens with one attached hydrogen (secondary N) is 1. The van der Waals surface area contributed by atoms with Gasteiger partial charge in [0.25, 0.3) is 0 Å². The Morgan fingerprint density at radius 1 is 0.944 bits per heavy atom. The third kappa shape index (κ3) is 6.50. The molecule has 186 valence electrons. The van der Waals surface area contributed by atoms with Gasteiger partial charge in [0.15, 0.2) is 0 Å². The molecule has 0 fully saturated rings. The molecule has 1 aromatic heterocycles. The lowest BCUT2D eigenvalue weighted by molar-refractivity contribution is -0.134. The van der Waals surface area contributed by atoms with Crippen LogP contribution >= 0.6 is 0 Å². The molecule has 36 heavy (non-hydrogen) atoms. The Labute approximate surface area is 211 Å². The molecule has 1 heterocycles. The molecule has 3 aromatic carbocycles. The SMILES string of the molecule is CCCc1c(OCCCCOc2cccc(NCC(=O)O)c2)ccc2c(-c3ccccc3)ncnc12. The second-order valence-corrected chi connectivity index (χ2v) is 8.46. The zero-order chi connectivity index (χ0) is 25.2. The summed E-state index contributed by atoms with van der Waals surface area (Å²) < 4.78 is 12.0. The Kier molecular flexibility index (Phi) is 8.70. The summed E-state index contributed by atoms with van der Waals surface area (Å²) in [6.07, 6.45) is 5.20. The van der Waals surface area contributed by atoms with E-state index >= 15 is 0 Å². The minimum atomic E-state index is -0.904. The topological polar surface area (TPSA) is 93.6 Å². The number of rotatable bonds is 13. The van der Waals surface area contributed by atoms with Crippen LogP contribution in [0.25, 0.3) is 22.2 Å². The van der Waals surface area contributed by atoms with Gasteiger partial charge in [-0.2, -0.15) is 0 Å². The fourth-order valence-corrected chi connectivity index (χ4v) is 4.07. The van der Waals surface area contributed by atoms with E-state index in [1.54, 1.807) is 12.4 Å². The number of unbranched alkanes of at least 4 members (excludes halogenated alkanes) is 1. The molecule has 0 atom stereocenters. The van der Waals surface area contributed by atoms with Crippen LogP contribution in [0, 0.1) is 0 Å². The minimum Gasteiger partial charge on any atom is -0.494 e. The predicted molar refractivity (Wildman–Crippen MR) is 142 cm³/mol. The van der Waals surface area contributed by atoms with Gasteiger partial charge in [-0.15, -0.1) is 0 Å². The highest BCUT2D eigenvalue weighted by Gasteiger charge is 2.14. The molecule has 2 N–H and O–H groups in total. The summed E-state index contributed by atoms with van der Waals surface area (Å²) in [6.45, 7) is 3.17. The molecule has 0 amide bonds.